The molecule has 1 rings (SSSR count). The maximum atomic E-state index is 13.1. The Kier molecular flexibility index (Phi) is 4.98. The first-order chi connectivity index (χ1) is 6.84. The number of halogens is 1. The molecule has 1 aromatic rings. The van der Waals surface area contributed by atoms with Crippen LogP contribution in [0.25, 0.3) is 6.08 Å². The van der Waals surface area contributed by atoms with Crippen molar-refractivity contribution in [1.82, 2.24) is 0 Å². The quantitative estimate of drug-likeness (QED) is 0.606. The predicted octanol–water partition coefficient (Wildman–Crippen LogP) is 4.42. The van der Waals surface area contributed by atoms with E-state index in [2.05, 4.69) is 6.92 Å². The van der Waals surface area contributed by atoms with Crippen LogP contribution in [0.1, 0.15) is 38.2 Å². The largest absolute Gasteiger partial charge is 0.206 e. The molecule has 0 aliphatic carbocycles. The molecule has 0 heterocycles. The lowest BCUT2D eigenvalue weighted by molar-refractivity contribution is 0.625. The molecule has 0 aliphatic rings. The van der Waals surface area contributed by atoms with Crippen molar-refractivity contribution in [3.05, 3.63) is 41.7 Å². The summed E-state index contributed by atoms with van der Waals surface area (Å²) in [5.74, 6) is -0.140. The fourth-order valence-corrected chi connectivity index (χ4v) is 1.33. The van der Waals surface area contributed by atoms with Gasteiger partial charge in [-0.1, -0.05) is 50.1 Å². The van der Waals surface area contributed by atoms with Gasteiger partial charge in [0.2, 0.25) is 0 Å². The Bertz CT molecular complexity index is 289. The van der Waals surface area contributed by atoms with Crippen LogP contribution >= 0.6 is 0 Å². The van der Waals surface area contributed by atoms with Crippen molar-refractivity contribution in [2.45, 2.75) is 32.6 Å². The molecule has 1 aromatic carbocycles. The van der Waals surface area contributed by atoms with Crippen molar-refractivity contribution in [3.8, 4) is 0 Å². The summed E-state index contributed by atoms with van der Waals surface area (Å²) in [6, 6.07) is 6.86. The van der Waals surface area contributed by atoms with Crippen molar-refractivity contribution in [3.63, 3.8) is 0 Å². The molecule has 0 amide bonds. The third kappa shape index (κ3) is 3.73. The summed E-state index contributed by atoms with van der Waals surface area (Å²) >= 11 is 0. The Morgan fingerprint density at radius 3 is 2.71 bits per heavy atom. The summed E-state index contributed by atoms with van der Waals surface area (Å²) in [4.78, 5) is 0. The average Bonchev–Trinajstić information content (AvgIpc) is 2.20. The van der Waals surface area contributed by atoms with Crippen LogP contribution in [0.2, 0.25) is 0 Å². The molecule has 0 N–H and O–H groups in total. The van der Waals surface area contributed by atoms with Gasteiger partial charge in [-0.2, -0.15) is 0 Å². The van der Waals surface area contributed by atoms with E-state index in [4.69, 9.17) is 0 Å². The zero-order chi connectivity index (χ0) is 10.2. The molecule has 0 aromatic heterocycles. The van der Waals surface area contributed by atoms with Crippen LogP contribution in [0.15, 0.2) is 30.3 Å². The van der Waals surface area contributed by atoms with Gasteiger partial charge in [-0.25, -0.2) is 4.39 Å². The van der Waals surface area contributed by atoms with Gasteiger partial charge in [0.15, 0.2) is 0 Å². The highest BCUT2D eigenvalue weighted by Crippen LogP contribution is 2.09. The SMILES string of the molecule is CCCCCC=Cc1ccccc1F. The van der Waals surface area contributed by atoms with Gasteiger partial charge in [0.1, 0.15) is 5.82 Å². The molecule has 0 saturated heterocycles. The second kappa shape index (κ2) is 6.36. The van der Waals surface area contributed by atoms with E-state index in [1.165, 1.54) is 25.3 Å². The zero-order valence-electron chi connectivity index (χ0n) is 8.67. The summed E-state index contributed by atoms with van der Waals surface area (Å²) in [6.45, 7) is 2.18. The Hall–Kier alpha value is -1.11. The predicted molar refractivity (Wildman–Crippen MR) is 59.6 cm³/mol. The van der Waals surface area contributed by atoms with Gasteiger partial charge in [-0.15, -0.1) is 0 Å². The summed E-state index contributed by atoms with van der Waals surface area (Å²) in [6.07, 6.45) is 8.64. The molecular weight excluding hydrogens is 175 g/mol. The van der Waals surface area contributed by atoms with Gasteiger partial charge in [0.25, 0.3) is 0 Å². The molecule has 0 spiro atoms. The maximum Gasteiger partial charge on any atom is 0.130 e. The molecule has 1 heteroatoms. The summed E-state index contributed by atoms with van der Waals surface area (Å²) in [5, 5.41) is 0. The Morgan fingerprint density at radius 2 is 2.00 bits per heavy atom. The van der Waals surface area contributed by atoms with Gasteiger partial charge < -0.3 is 0 Å². The second-order valence-corrected chi connectivity index (χ2v) is 3.42. The van der Waals surface area contributed by atoms with E-state index in [1.807, 2.05) is 18.2 Å². The third-order valence-electron chi connectivity index (χ3n) is 2.18. The maximum absolute atomic E-state index is 13.1. The highest BCUT2D eigenvalue weighted by molar-refractivity contribution is 5.49. The fourth-order valence-electron chi connectivity index (χ4n) is 1.33. The molecule has 0 radical (unpaired) electrons. The molecule has 0 aliphatic heterocycles. The molecule has 0 saturated carbocycles. The Morgan fingerprint density at radius 1 is 1.21 bits per heavy atom. The van der Waals surface area contributed by atoms with E-state index in [9.17, 15) is 4.39 Å². The van der Waals surface area contributed by atoms with Crippen molar-refractivity contribution in [1.29, 1.82) is 0 Å². The van der Waals surface area contributed by atoms with E-state index in [0.29, 0.717) is 5.56 Å². The average molecular weight is 192 g/mol. The number of rotatable bonds is 5. The van der Waals surface area contributed by atoms with Crippen molar-refractivity contribution in [2.75, 3.05) is 0 Å². The first-order valence-electron chi connectivity index (χ1n) is 5.25. The van der Waals surface area contributed by atoms with E-state index in [0.717, 1.165) is 6.42 Å². The van der Waals surface area contributed by atoms with Crippen LogP contribution in [-0.2, 0) is 0 Å². The standard InChI is InChI=1S/C13H17F/c1-2-3-4-5-6-9-12-10-7-8-11-13(12)14/h6-11H,2-5H2,1H3. The number of unbranched alkanes of at least 4 members (excludes halogenated alkanes) is 3. The molecule has 14 heavy (non-hydrogen) atoms. The van der Waals surface area contributed by atoms with E-state index in [-0.39, 0.29) is 5.82 Å². The van der Waals surface area contributed by atoms with Crippen molar-refractivity contribution in [2.24, 2.45) is 0 Å². The first-order valence-corrected chi connectivity index (χ1v) is 5.25. The van der Waals surface area contributed by atoms with Crippen LogP contribution in [-0.4, -0.2) is 0 Å². The molecule has 0 unspecified atom stereocenters. The smallest absolute Gasteiger partial charge is 0.130 e. The minimum atomic E-state index is -0.140. The minimum absolute atomic E-state index is 0.140. The number of hydrogen-bond acceptors (Lipinski definition) is 0. The van der Waals surface area contributed by atoms with E-state index >= 15 is 0 Å². The van der Waals surface area contributed by atoms with Crippen molar-refractivity contribution >= 4 is 6.08 Å². The lowest BCUT2D eigenvalue weighted by Gasteiger charge is -1.95. The third-order valence-corrected chi connectivity index (χ3v) is 2.18. The molecule has 0 bridgehead atoms. The number of hydrogen-bond donors (Lipinski definition) is 0. The van der Waals surface area contributed by atoms with Crippen LogP contribution in [0, 0.1) is 5.82 Å². The number of allylic oxidation sites excluding steroid dienone is 1. The van der Waals surface area contributed by atoms with Gasteiger partial charge in [-0.05, 0) is 18.9 Å². The van der Waals surface area contributed by atoms with Gasteiger partial charge >= 0.3 is 0 Å². The summed E-state index contributed by atoms with van der Waals surface area (Å²) in [7, 11) is 0. The minimum Gasteiger partial charge on any atom is -0.206 e. The van der Waals surface area contributed by atoms with Crippen LogP contribution in [0.5, 0.6) is 0 Å². The van der Waals surface area contributed by atoms with Gasteiger partial charge in [-0.3, -0.25) is 0 Å². The Labute approximate surface area is 85.5 Å². The first kappa shape index (κ1) is 11.0. The molecule has 0 fully saturated rings. The van der Waals surface area contributed by atoms with Gasteiger partial charge in [0.05, 0.1) is 0 Å². The second-order valence-electron chi connectivity index (χ2n) is 3.42. The summed E-state index contributed by atoms with van der Waals surface area (Å²) in [5.41, 5.74) is 0.684. The fraction of sp³-hybridized carbons (Fsp3) is 0.385. The van der Waals surface area contributed by atoms with E-state index in [1.54, 1.807) is 12.1 Å². The monoisotopic (exact) mass is 192 g/mol. The highest BCUT2D eigenvalue weighted by Gasteiger charge is 1.93. The van der Waals surface area contributed by atoms with Crippen LogP contribution in [0.4, 0.5) is 4.39 Å². The highest BCUT2D eigenvalue weighted by atomic mass is 19.1. The lowest BCUT2D eigenvalue weighted by atomic mass is 10.1. The molecule has 0 atom stereocenters. The lowest BCUT2D eigenvalue weighted by Crippen LogP contribution is -1.79. The zero-order valence-corrected chi connectivity index (χ0v) is 8.67. The molecule has 76 valence electrons. The van der Waals surface area contributed by atoms with Crippen LogP contribution < -0.4 is 0 Å². The molecule has 0 nitrogen and oxygen atoms in total. The normalized spacial score (nSPS) is 11.0. The molecular formula is C13H17F. The Balaban J connectivity index is 2.40. The van der Waals surface area contributed by atoms with Crippen molar-refractivity contribution < 1.29 is 4.39 Å². The topological polar surface area (TPSA) is 0 Å². The number of benzene rings is 1. The van der Waals surface area contributed by atoms with E-state index < -0.39 is 0 Å². The van der Waals surface area contributed by atoms with Crippen LogP contribution in [0.3, 0.4) is 0 Å². The summed E-state index contributed by atoms with van der Waals surface area (Å²) < 4.78 is 13.1. The van der Waals surface area contributed by atoms with Gasteiger partial charge in [0, 0.05) is 5.56 Å².